The van der Waals surface area contributed by atoms with E-state index in [9.17, 15) is 14.7 Å². The second kappa shape index (κ2) is 6.91. The summed E-state index contributed by atoms with van der Waals surface area (Å²) in [7, 11) is 0. The van der Waals surface area contributed by atoms with Crippen LogP contribution in [0.3, 0.4) is 0 Å². The average Bonchev–Trinajstić information content (AvgIpc) is 2.95. The van der Waals surface area contributed by atoms with Crippen molar-refractivity contribution in [2.24, 2.45) is 0 Å². The maximum absolute atomic E-state index is 12.6. The van der Waals surface area contributed by atoms with E-state index in [1.165, 1.54) is 6.92 Å². The molecular weight excluding hydrogens is 308 g/mol. The molecule has 2 heterocycles. The van der Waals surface area contributed by atoms with E-state index in [0.717, 1.165) is 11.3 Å². The first kappa shape index (κ1) is 16.9. The SMILES string of the molecule is CC(=O)N1c2ccccc2C[C@H]1C(=O)NCCC1(O)CCOCC1. The van der Waals surface area contributed by atoms with E-state index in [1.807, 2.05) is 24.3 Å². The summed E-state index contributed by atoms with van der Waals surface area (Å²) < 4.78 is 5.26. The minimum absolute atomic E-state index is 0.136. The number of hydrogen-bond acceptors (Lipinski definition) is 4. The molecule has 24 heavy (non-hydrogen) atoms. The Labute approximate surface area is 141 Å². The maximum atomic E-state index is 12.6. The number of hydrogen-bond donors (Lipinski definition) is 2. The zero-order valence-corrected chi connectivity index (χ0v) is 14.0. The third-order valence-electron chi connectivity index (χ3n) is 4.93. The van der Waals surface area contributed by atoms with Gasteiger partial charge in [0, 0.05) is 38.8 Å². The molecular formula is C18H24N2O4. The lowest BCUT2D eigenvalue weighted by atomic mass is 9.91. The van der Waals surface area contributed by atoms with Crippen molar-refractivity contribution in [2.45, 2.75) is 44.2 Å². The van der Waals surface area contributed by atoms with E-state index >= 15 is 0 Å². The Morgan fingerprint density at radius 3 is 2.75 bits per heavy atom. The quantitative estimate of drug-likeness (QED) is 0.863. The predicted octanol–water partition coefficient (Wildman–Crippen LogP) is 1.01. The average molecular weight is 332 g/mol. The summed E-state index contributed by atoms with van der Waals surface area (Å²) >= 11 is 0. The molecule has 0 saturated carbocycles. The Balaban J connectivity index is 1.60. The number of nitrogens with zero attached hydrogens (tertiary/aromatic N) is 1. The van der Waals surface area contributed by atoms with Crippen LogP contribution in [0.4, 0.5) is 5.69 Å². The van der Waals surface area contributed by atoms with Gasteiger partial charge in [-0.05, 0) is 30.9 Å². The Morgan fingerprint density at radius 1 is 1.33 bits per heavy atom. The van der Waals surface area contributed by atoms with Crippen molar-refractivity contribution in [1.82, 2.24) is 5.32 Å². The molecule has 0 bridgehead atoms. The van der Waals surface area contributed by atoms with Crippen molar-refractivity contribution in [2.75, 3.05) is 24.7 Å². The lowest BCUT2D eigenvalue weighted by Crippen LogP contribution is -2.48. The van der Waals surface area contributed by atoms with E-state index in [-0.39, 0.29) is 11.8 Å². The number of ether oxygens (including phenoxy) is 1. The fraction of sp³-hybridized carbons (Fsp3) is 0.556. The molecule has 0 spiro atoms. The second-order valence-corrected chi connectivity index (χ2v) is 6.62. The molecule has 0 aliphatic carbocycles. The van der Waals surface area contributed by atoms with Crippen LogP contribution in [-0.4, -0.2) is 48.3 Å². The summed E-state index contributed by atoms with van der Waals surface area (Å²) in [5, 5.41) is 13.3. The molecule has 1 aromatic rings. The number of benzene rings is 1. The molecule has 0 aromatic heterocycles. The van der Waals surface area contributed by atoms with Gasteiger partial charge in [-0.15, -0.1) is 0 Å². The van der Waals surface area contributed by atoms with Gasteiger partial charge in [-0.3, -0.25) is 14.5 Å². The molecule has 3 rings (SSSR count). The molecule has 1 aromatic carbocycles. The Bertz CT molecular complexity index is 625. The standard InChI is InChI=1S/C18H24N2O4/c1-13(21)20-15-5-3-2-4-14(15)12-16(20)17(22)19-9-6-18(23)7-10-24-11-8-18/h2-5,16,23H,6-12H2,1H3,(H,19,22)/t16-/m0/s1. The highest BCUT2D eigenvalue weighted by Gasteiger charge is 2.37. The van der Waals surface area contributed by atoms with Gasteiger partial charge >= 0.3 is 0 Å². The highest BCUT2D eigenvalue weighted by Crippen LogP contribution is 2.32. The molecule has 130 valence electrons. The molecule has 6 heteroatoms. The number of amides is 2. The van der Waals surface area contributed by atoms with Crippen molar-refractivity contribution in [1.29, 1.82) is 0 Å². The topological polar surface area (TPSA) is 78.9 Å². The third-order valence-corrected chi connectivity index (χ3v) is 4.93. The zero-order chi connectivity index (χ0) is 17.2. The minimum Gasteiger partial charge on any atom is -0.390 e. The molecule has 2 N–H and O–H groups in total. The van der Waals surface area contributed by atoms with Crippen LogP contribution in [0.5, 0.6) is 0 Å². The highest BCUT2D eigenvalue weighted by atomic mass is 16.5. The first-order valence-electron chi connectivity index (χ1n) is 8.46. The molecule has 2 aliphatic rings. The largest absolute Gasteiger partial charge is 0.390 e. The van der Waals surface area contributed by atoms with Crippen molar-refractivity contribution < 1.29 is 19.4 Å². The van der Waals surface area contributed by atoms with Gasteiger partial charge in [-0.1, -0.05) is 18.2 Å². The number of rotatable bonds is 4. The number of nitrogens with one attached hydrogen (secondary N) is 1. The van der Waals surface area contributed by atoms with Gasteiger partial charge in [0.05, 0.1) is 5.60 Å². The molecule has 0 radical (unpaired) electrons. The first-order valence-corrected chi connectivity index (χ1v) is 8.46. The predicted molar refractivity (Wildman–Crippen MR) is 89.7 cm³/mol. The van der Waals surface area contributed by atoms with Gasteiger partial charge in [0.15, 0.2) is 0 Å². The van der Waals surface area contributed by atoms with Crippen LogP contribution < -0.4 is 10.2 Å². The normalized spacial score (nSPS) is 22.1. The van der Waals surface area contributed by atoms with Crippen molar-refractivity contribution in [3.8, 4) is 0 Å². The molecule has 1 fully saturated rings. The van der Waals surface area contributed by atoms with Crippen LogP contribution in [-0.2, 0) is 20.7 Å². The lowest BCUT2D eigenvalue weighted by molar-refractivity contribution is -0.125. The van der Waals surface area contributed by atoms with Crippen LogP contribution in [0.25, 0.3) is 0 Å². The van der Waals surface area contributed by atoms with E-state index in [2.05, 4.69) is 5.32 Å². The van der Waals surface area contributed by atoms with Crippen molar-refractivity contribution in [3.05, 3.63) is 29.8 Å². The Hall–Kier alpha value is -1.92. The summed E-state index contributed by atoms with van der Waals surface area (Å²) in [6.45, 7) is 2.99. The van der Waals surface area contributed by atoms with Crippen LogP contribution in [0.15, 0.2) is 24.3 Å². The van der Waals surface area contributed by atoms with Gasteiger partial charge < -0.3 is 15.2 Å². The highest BCUT2D eigenvalue weighted by molar-refractivity contribution is 6.02. The van der Waals surface area contributed by atoms with E-state index < -0.39 is 11.6 Å². The zero-order valence-electron chi connectivity index (χ0n) is 14.0. The smallest absolute Gasteiger partial charge is 0.243 e. The van der Waals surface area contributed by atoms with Crippen LogP contribution in [0.1, 0.15) is 31.7 Å². The van der Waals surface area contributed by atoms with Gasteiger partial charge in [0.2, 0.25) is 11.8 Å². The van der Waals surface area contributed by atoms with Crippen molar-refractivity contribution >= 4 is 17.5 Å². The van der Waals surface area contributed by atoms with Gasteiger partial charge in [-0.2, -0.15) is 0 Å². The Morgan fingerprint density at radius 2 is 2.04 bits per heavy atom. The van der Waals surface area contributed by atoms with E-state index in [1.54, 1.807) is 4.90 Å². The number of para-hydroxylation sites is 1. The summed E-state index contributed by atoms with van der Waals surface area (Å²) in [5.41, 5.74) is 1.06. The number of carbonyl (C=O) groups is 2. The summed E-state index contributed by atoms with van der Waals surface area (Å²) in [6.07, 6.45) is 2.22. The van der Waals surface area contributed by atoms with Crippen LogP contribution in [0.2, 0.25) is 0 Å². The number of anilines is 1. The van der Waals surface area contributed by atoms with Gasteiger partial charge in [0.1, 0.15) is 6.04 Å². The molecule has 6 nitrogen and oxygen atoms in total. The summed E-state index contributed by atoms with van der Waals surface area (Å²) in [5.74, 6) is -0.305. The fourth-order valence-electron chi connectivity index (χ4n) is 3.52. The minimum atomic E-state index is -0.759. The number of aliphatic hydroxyl groups is 1. The molecule has 0 unspecified atom stereocenters. The van der Waals surface area contributed by atoms with Gasteiger partial charge in [-0.25, -0.2) is 0 Å². The van der Waals surface area contributed by atoms with Crippen LogP contribution >= 0.6 is 0 Å². The second-order valence-electron chi connectivity index (χ2n) is 6.62. The molecule has 1 saturated heterocycles. The fourth-order valence-corrected chi connectivity index (χ4v) is 3.52. The molecule has 2 aliphatic heterocycles. The van der Waals surface area contributed by atoms with E-state index in [4.69, 9.17) is 4.74 Å². The lowest BCUT2D eigenvalue weighted by Gasteiger charge is -2.32. The number of carbonyl (C=O) groups excluding carboxylic acids is 2. The molecule has 1 atom stereocenters. The Kier molecular flexibility index (Phi) is 4.87. The summed E-state index contributed by atoms with van der Waals surface area (Å²) in [6, 6.07) is 7.09. The molecule has 2 amide bonds. The third kappa shape index (κ3) is 3.44. The first-order chi connectivity index (χ1) is 11.5. The van der Waals surface area contributed by atoms with Gasteiger partial charge in [0.25, 0.3) is 0 Å². The van der Waals surface area contributed by atoms with Crippen molar-refractivity contribution in [3.63, 3.8) is 0 Å². The van der Waals surface area contributed by atoms with Crippen LogP contribution in [0, 0.1) is 0 Å². The summed E-state index contributed by atoms with van der Waals surface area (Å²) in [4.78, 5) is 26.1. The number of fused-ring (bicyclic) bond motifs is 1. The van der Waals surface area contributed by atoms with E-state index in [0.29, 0.717) is 45.4 Å². The maximum Gasteiger partial charge on any atom is 0.243 e. The monoisotopic (exact) mass is 332 g/mol.